The summed E-state index contributed by atoms with van der Waals surface area (Å²) in [6.07, 6.45) is 1.96. The van der Waals surface area contributed by atoms with Gasteiger partial charge in [0.05, 0.1) is 6.04 Å². The van der Waals surface area contributed by atoms with Crippen LogP contribution < -0.4 is 0 Å². The summed E-state index contributed by atoms with van der Waals surface area (Å²) in [4.78, 5) is 14.6. The third kappa shape index (κ3) is 2.33. The number of nitrogens with zero attached hydrogens (tertiary/aromatic N) is 2. The quantitative estimate of drug-likeness (QED) is 0.841. The predicted octanol–water partition coefficient (Wildman–Crippen LogP) is 3.27. The predicted molar refractivity (Wildman–Crippen MR) is 75.4 cm³/mol. The summed E-state index contributed by atoms with van der Waals surface area (Å²) in [5, 5.41) is 4.07. The van der Waals surface area contributed by atoms with Gasteiger partial charge in [0, 0.05) is 18.2 Å². The van der Waals surface area contributed by atoms with Crippen LogP contribution in [0.25, 0.3) is 0 Å². The number of likely N-dealkylation sites (tertiary alicyclic amines) is 1. The summed E-state index contributed by atoms with van der Waals surface area (Å²) < 4.78 is 5.14. The second-order valence-electron chi connectivity index (χ2n) is 5.39. The monoisotopic (exact) mass is 270 g/mol. The fourth-order valence-corrected chi connectivity index (χ4v) is 2.80. The Morgan fingerprint density at radius 1 is 1.35 bits per heavy atom. The first-order valence-electron chi connectivity index (χ1n) is 6.96. The van der Waals surface area contributed by atoms with E-state index in [-0.39, 0.29) is 11.9 Å². The molecular formula is C16H18N2O2. The average molecular weight is 270 g/mol. The molecule has 0 N–H and O–H groups in total. The number of aromatic nitrogens is 1. The van der Waals surface area contributed by atoms with Gasteiger partial charge in [-0.2, -0.15) is 0 Å². The van der Waals surface area contributed by atoms with E-state index in [4.69, 9.17) is 4.52 Å². The summed E-state index contributed by atoms with van der Waals surface area (Å²) in [5.74, 6) is 0.867. The molecule has 0 bridgehead atoms. The van der Waals surface area contributed by atoms with E-state index in [0.29, 0.717) is 0 Å². The van der Waals surface area contributed by atoms with E-state index in [9.17, 15) is 4.79 Å². The van der Waals surface area contributed by atoms with Gasteiger partial charge in [-0.05, 0) is 38.8 Å². The third-order valence-electron chi connectivity index (χ3n) is 3.77. The zero-order valence-corrected chi connectivity index (χ0v) is 11.8. The van der Waals surface area contributed by atoms with Crippen LogP contribution in [0, 0.1) is 13.8 Å². The fraction of sp³-hybridized carbons (Fsp3) is 0.375. The van der Waals surface area contributed by atoms with Crippen molar-refractivity contribution >= 4 is 5.91 Å². The highest BCUT2D eigenvalue weighted by Crippen LogP contribution is 2.32. The summed E-state index contributed by atoms with van der Waals surface area (Å²) in [6, 6.07) is 9.70. The molecule has 0 radical (unpaired) electrons. The number of carbonyl (C=O) groups excluding carboxylic acids is 1. The number of benzene rings is 1. The Balaban J connectivity index is 1.87. The first kappa shape index (κ1) is 12.9. The second kappa shape index (κ2) is 5.12. The SMILES string of the molecule is Cc1cccc(C(=O)N2CCCC2c2cc(C)on2)c1. The molecule has 1 atom stereocenters. The molecule has 0 saturated carbocycles. The molecule has 1 saturated heterocycles. The van der Waals surface area contributed by atoms with E-state index in [0.717, 1.165) is 42.0 Å². The van der Waals surface area contributed by atoms with Gasteiger partial charge in [0.1, 0.15) is 11.5 Å². The largest absolute Gasteiger partial charge is 0.361 e. The Hall–Kier alpha value is -2.10. The van der Waals surface area contributed by atoms with Crippen molar-refractivity contribution in [1.29, 1.82) is 0 Å². The fourth-order valence-electron chi connectivity index (χ4n) is 2.80. The molecule has 1 aromatic carbocycles. The maximum Gasteiger partial charge on any atom is 0.254 e. The first-order chi connectivity index (χ1) is 9.65. The van der Waals surface area contributed by atoms with E-state index < -0.39 is 0 Å². The van der Waals surface area contributed by atoms with Crippen LogP contribution in [0.1, 0.15) is 46.3 Å². The smallest absolute Gasteiger partial charge is 0.254 e. The topological polar surface area (TPSA) is 46.3 Å². The number of hydrogen-bond donors (Lipinski definition) is 0. The Labute approximate surface area is 118 Å². The van der Waals surface area contributed by atoms with Gasteiger partial charge in [-0.15, -0.1) is 0 Å². The van der Waals surface area contributed by atoms with Crippen LogP contribution in [0.2, 0.25) is 0 Å². The van der Waals surface area contributed by atoms with Crippen molar-refractivity contribution in [2.24, 2.45) is 0 Å². The van der Waals surface area contributed by atoms with Gasteiger partial charge in [0.15, 0.2) is 0 Å². The van der Waals surface area contributed by atoms with Crippen molar-refractivity contribution in [2.75, 3.05) is 6.54 Å². The van der Waals surface area contributed by atoms with E-state index in [1.807, 2.05) is 49.1 Å². The summed E-state index contributed by atoms with van der Waals surface area (Å²) in [7, 11) is 0. The van der Waals surface area contributed by atoms with Crippen molar-refractivity contribution in [1.82, 2.24) is 10.1 Å². The Morgan fingerprint density at radius 2 is 2.20 bits per heavy atom. The summed E-state index contributed by atoms with van der Waals surface area (Å²) in [6.45, 7) is 4.65. The number of carbonyl (C=O) groups is 1. The lowest BCUT2D eigenvalue weighted by Gasteiger charge is -2.23. The maximum atomic E-state index is 12.7. The van der Waals surface area contributed by atoms with E-state index >= 15 is 0 Å². The van der Waals surface area contributed by atoms with Crippen LogP contribution in [-0.4, -0.2) is 22.5 Å². The number of rotatable bonds is 2. The third-order valence-corrected chi connectivity index (χ3v) is 3.77. The van der Waals surface area contributed by atoms with Gasteiger partial charge in [0.2, 0.25) is 0 Å². The Bertz CT molecular complexity index is 633. The minimum absolute atomic E-state index is 0.0421. The molecule has 2 aromatic rings. The van der Waals surface area contributed by atoms with E-state index in [2.05, 4.69) is 5.16 Å². The van der Waals surface area contributed by atoms with Crippen molar-refractivity contribution in [3.05, 3.63) is 52.9 Å². The summed E-state index contributed by atoms with van der Waals surface area (Å²) in [5.41, 5.74) is 2.71. The molecule has 1 aromatic heterocycles. The molecule has 1 unspecified atom stereocenters. The van der Waals surface area contributed by atoms with Crippen molar-refractivity contribution < 1.29 is 9.32 Å². The molecule has 2 heterocycles. The Morgan fingerprint density at radius 3 is 2.90 bits per heavy atom. The van der Waals surface area contributed by atoms with E-state index in [1.165, 1.54) is 0 Å². The Kier molecular flexibility index (Phi) is 3.30. The number of hydrogen-bond acceptors (Lipinski definition) is 3. The highest BCUT2D eigenvalue weighted by atomic mass is 16.5. The molecule has 20 heavy (non-hydrogen) atoms. The average Bonchev–Trinajstić information content (AvgIpc) is 3.06. The van der Waals surface area contributed by atoms with Gasteiger partial charge in [0.25, 0.3) is 5.91 Å². The lowest BCUT2D eigenvalue weighted by Crippen LogP contribution is -2.30. The van der Waals surface area contributed by atoms with Crippen LogP contribution in [0.5, 0.6) is 0 Å². The van der Waals surface area contributed by atoms with Crippen LogP contribution in [0.3, 0.4) is 0 Å². The molecule has 0 aliphatic carbocycles. The lowest BCUT2D eigenvalue weighted by atomic mass is 10.1. The van der Waals surface area contributed by atoms with Crippen LogP contribution >= 0.6 is 0 Å². The molecule has 1 aliphatic rings. The normalized spacial score (nSPS) is 18.5. The second-order valence-corrected chi connectivity index (χ2v) is 5.39. The molecule has 1 fully saturated rings. The zero-order chi connectivity index (χ0) is 14.1. The van der Waals surface area contributed by atoms with Gasteiger partial charge in [-0.3, -0.25) is 4.79 Å². The maximum absolute atomic E-state index is 12.7. The first-order valence-corrected chi connectivity index (χ1v) is 6.96. The van der Waals surface area contributed by atoms with E-state index in [1.54, 1.807) is 0 Å². The van der Waals surface area contributed by atoms with Crippen LogP contribution in [0.4, 0.5) is 0 Å². The molecule has 3 rings (SSSR count). The van der Waals surface area contributed by atoms with Crippen molar-refractivity contribution in [3.63, 3.8) is 0 Å². The molecule has 1 aliphatic heterocycles. The highest BCUT2D eigenvalue weighted by Gasteiger charge is 2.32. The van der Waals surface area contributed by atoms with Crippen LogP contribution in [-0.2, 0) is 0 Å². The number of aryl methyl sites for hydroxylation is 2. The molecule has 0 spiro atoms. The lowest BCUT2D eigenvalue weighted by molar-refractivity contribution is 0.0730. The minimum atomic E-state index is 0.0421. The van der Waals surface area contributed by atoms with Crippen molar-refractivity contribution in [2.45, 2.75) is 32.7 Å². The highest BCUT2D eigenvalue weighted by molar-refractivity contribution is 5.94. The number of amides is 1. The minimum Gasteiger partial charge on any atom is -0.361 e. The standard InChI is InChI=1S/C16H18N2O2/c1-11-5-3-6-13(9-11)16(19)18-8-4-7-15(18)14-10-12(2)20-17-14/h3,5-6,9-10,15H,4,7-8H2,1-2H3. The van der Waals surface area contributed by atoms with Crippen LogP contribution in [0.15, 0.2) is 34.9 Å². The van der Waals surface area contributed by atoms with Gasteiger partial charge in [-0.1, -0.05) is 22.9 Å². The molecule has 4 heteroatoms. The van der Waals surface area contributed by atoms with Gasteiger partial charge in [-0.25, -0.2) is 0 Å². The molecular weight excluding hydrogens is 252 g/mol. The molecule has 1 amide bonds. The van der Waals surface area contributed by atoms with Gasteiger partial charge < -0.3 is 9.42 Å². The zero-order valence-electron chi connectivity index (χ0n) is 11.8. The molecule has 104 valence electrons. The molecule has 4 nitrogen and oxygen atoms in total. The van der Waals surface area contributed by atoms with Gasteiger partial charge >= 0.3 is 0 Å². The summed E-state index contributed by atoms with van der Waals surface area (Å²) >= 11 is 0. The van der Waals surface area contributed by atoms with Crippen molar-refractivity contribution in [3.8, 4) is 0 Å².